The van der Waals surface area contributed by atoms with E-state index in [-0.39, 0.29) is 12.2 Å². The summed E-state index contributed by atoms with van der Waals surface area (Å²) >= 11 is 0. The molecule has 1 heterocycles. The second-order valence-electron chi connectivity index (χ2n) is 5.29. The van der Waals surface area contributed by atoms with Crippen molar-refractivity contribution in [3.05, 3.63) is 47.5 Å². The number of carbonyl (C=O) groups excluding carboxylic acids is 1. The van der Waals surface area contributed by atoms with Crippen LogP contribution in [0.3, 0.4) is 0 Å². The van der Waals surface area contributed by atoms with E-state index in [0.29, 0.717) is 24.4 Å². The smallest absolute Gasteiger partial charge is 0.383 e. The van der Waals surface area contributed by atoms with Gasteiger partial charge in [-0.3, -0.25) is 4.79 Å². The van der Waals surface area contributed by atoms with Crippen LogP contribution in [0.25, 0.3) is 5.69 Å². The van der Waals surface area contributed by atoms with Gasteiger partial charge in [-0.1, -0.05) is 0 Å². The average molecular weight is 374 g/mol. The molecule has 26 heavy (non-hydrogen) atoms. The van der Waals surface area contributed by atoms with Gasteiger partial charge in [0.1, 0.15) is 5.82 Å². The van der Waals surface area contributed by atoms with Gasteiger partial charge in [0.25, 0.3) is 5.91 Å². The van der Waals surface area contributed by atoms with Crippen LogP contribution < -0.4 is 10.6 Å². The Kier molecular flexibility index (Phi) is 6.70. The van der Waals surface area contributed by atoms with Crippen molar-refractivity contribution in [2.75, 3.05) is 33.4 Å². The Bertz CT molecular complexity index is 729. The summed E-state index contributed by atoms with van der Waals surface area (Å²) in [5.41, 5.74) is -1.81. The fraction of sp³-hybridized carbons (Fsp3) is 0.375. The molecule has 0 atom stereocenters. The second kappa shape index (κ2) is 8.77. The first kappa shape index (κ1) is 19.9. The quantitative estimate of drug-likeness (QED) is 0.548. The number of halogens is 4. The SMILES string of the molecule is COCCNCCNC(=O)c1cnn(-c2ccc(F)cc2)c1C(F)(F)F. The Balaban J connectivity index is 2.16. The number of methoxy groups -OCH3 is 1. The number of aromatic nitrogens is 2. The fourth-order valence-electron chi connectivity index (χ4n) is 2.22. The molecule has 0 saturated heterocycles. The summed E-state index contributed by atoms with van der Waals surface area (Å²) in [7, 11) is 1.54. The highest BCUT2D eigenvalue weighted by Crippen LogP contribution is 2.33. The van der Waals surface area contributed by atoms with Crippen LogP contribution in [0.2, 0.25) is 0 Å². The van der Waals surface area contributed by atoms with Crippen molar-refractivity contribution in [3.8, 4) is 5.69 Å². The first-order valence-electron chi connectivity index (χ1n) is 7.73. The number of nitrogens with one attached hydrogen (secondary N) is 2. The van der Waals surface area contributed by atoms with Crippen LogP contribution in [0.4, 0.5) is 17.6 Å². The maximum Gasteiger partial charge on any atom is 0.434 e. The van der Waals surface area contributed by atoms with Gasteiger partial charge in [0, 0.05) is 26.7 Å². The first-order chi connectivity index (χ1) is 12.3. The van der Waals surface area contributed by atoms with E-state index in [4.69, 9.17) is 4.74 Å². The Hall–Kier alpha value is -2.46. The Morgan fingerprint density at radius 1 is 1.19 bits per heavy atom. The number of ether oxygens (including phenoxy) is 1. The standard InChI is InChI=1S/C16H18F4N4O2/c1-26-9-8-21-6-7-22-15(25)13-10-23-24(14(13)16(18,19)20)12-4-2-11(17)3-5-12/h2-5,10,21H,6-9H2,1H3,(H,22,25). The van der Waals surface area contributed by atoms with Gasteiger partial charge in [-0.25, -0.2) is 9.07 Å². The van der Waals surface area contributed by atoms with E-state index < -0.39 is 29.2 Å². The average Bonchev–Trinajstić information content (AvgIpc) is 3.04. The van der Waals surface area contributed by atoms with Gasteiger partial charge in [-0.15, -0.1) is 0 Å². The molecule has 0 unspecified atom stereocenters. The molecule has 0 spiro atoms. The van der Waals surface area contributed by atoms with E-state index in [1.54, 1.807) is 7.11 Å². The number of alkyl halides is 3. The fourth-order valence-corrected chi connectivity index (χ4v) is 2.22. The van der Waals surface area contributed by atoms with Gasteiger partial charge < -0.3 is 15.4 Å². The van der Waals surface area contributed by atoms with Crippen molar-refractivity contribution in [1.29, 1.82) is 0 Å². The second-order valence-corrected chi connectivity index (χ2v) is 5.29. The van der Waals surface area contributed by atoms with E-state index >= 15 is 0 Å². The molecule has 10 heteroatoms. The Morgan fingerprint density at radius 2 is 1.88 bits per heavy atom. The number of amides is 1. The van der Waals surface area contributed by atoms with E-state index in [9.17, 15) is 22.4 Å². The molecule has 1 aromatic heterocycles. The van der Waals surface area contributed by atoms with Crippen molar-refractivity contribution < 1.29 is 27.1 Å². The molecule has 0 aliphatic rings. The van der Waals surface area contributed by atoms with Gasteiger partial charge in [0.2, 0.25) is 0 Å². The number of benzene rings is 1. The normalized spacial score (nSPS) is 11.6. The lowest BCUT2D eigenvalue weighted by Crippen LogP contribution is -2.34. The summed E-state index contributed by atoms with van der Waals surface area (Å²) in [4.78, 5) is 12.1. The molecule has 0 aliphatic carbocycles. The molecule has 2 aromatic rings. The van der Waals surface area contributed by atoms with E-state index in [1.165, 1.54) is 0 Å². The first-order valence-corrected chi connectivity index (χ1v) is 7.73. The summed E-state index contributed by atoms with van der Waals surface area (Å²) in [6.07, 6.45) is -3.96. The minimum atomic E-state index is -4.81. The Labute approximate surface area is 147 Å². The predicted octanol–water partition coefficient (Wildman–Crippen LogP) is 2.00. The third-order valence-corrected chi connectivity index (χ3v) is 3.42. The number of hydrogen-bond acceptors (Lipinski definition) is 4. The van der Waals surface area contributed by atoms with Crippen LogP contribution in [0, 0.1) is 5.82 Å². The summed E-state index contributed by atoms with van der Waals surface area (Å²) in [6.45, 7) is 1.56. The highest BCUT2D eigenvalue weighted by molar-refractivity contribution is 5.95. The topological polar surface area (TPSA) is 68.2 Å². The molecule has 2 rings (SSSR count). The lowest BCUT2D eigenvalue weighted by Gasteiger charge is -2.13. The molecule has 142 valence electrons. The molecule has 0 radical (unpaired) electrons. The number of nitrogens with zero attached hydrogens (tertiary/aromatic N) is 2. The highest BCUT2D eigenvalue weighted by Gasteiger charge is 2.40. The maximum atomic E-state index is 13.5. The maximum absolute atomic E-state index is 13.5. The molecule has 0 bridgehead atoms. The summed E-state index contributed by atoms with van der Waals surface area (Å²) < 4.78 is 58.8. The summed E-state index contributed by atoms with van der Waals surface area (Å²) in [5, 5.41) is 9.02. The molecule has 1 amide bonds. The number of rotatable bonds is 8. The lowest BCUT2D eigenvalue weighted by molar-refractivity contribution is -0.143. The largest absolute Gasteiger partial charge is 0.434 e. The van der Waals surface area contributed by atoms with Crippen molar-refractivity contribution in [2.45, 2.75) is 6.18 Å². The molecule has 1 aromatic carbocycles. The minimum absolute atomic E-state index is 0.000919. The van der Waals surface area contributed by atoms with Crippen molar-refractivity contribution in [3.63, 3.8) is 0 Å². The number of hydrogen-bond donors (Lipinski definition) is 2. The minimum Gasteiger partial charge on any atom is -0.383 e. The summed E-state index contributed by atoms with van der Waals surface area (Å²) in [5.74, 6) is -1.48. The summed E-state index contributed by atoms with van der Waals surface area (Å²) in [6, 6.07) is 4.34. The van der Waals surface area contributed by atoms with Crippen LogP contribution in [0.1, 0.15) is 16.1 Å². The molecular formula is C16H18F4N4O2. The van der Waals surface area contributed by atoms with E-state index in [1.807, 2.05) is 0 Å². The van der Waals surface area contributed by atoms with Gasteiger partial charge in [0.15, 0.2) is 5.69 Å². The lowest BCUT2D eigenvalue weighted by atomic mass is 10.2. The number of carbonyl (C=O) groups is 1. The zero-order chi connectivity index (χ0) is 19.2. The van der Waals surface area contributed by atoms with Crippen LogP contribution in [-0.2, 0) is 10.9 Å². The molecule has 2 N–H and O–H groups in total. The molecule has 0 aliphatic heterocycles. The van der Waals surface area contributed by atoms with Crippen molar-refractivity contribution in [1.82, 2.24) is 20.4 Å². The molecular weight excluding hydrogens is 356 g/mol. The van der Waals surface area contributed by atoms with Crippen molar-refractivity contribution in [2.24, 2.45) is 0 Å². The monoisotopic (exact) mass is 374 g/mol. The molecule has 0 saturated carbocycles. The van der Waals surface area contributed by atoms with Crippen LogP contribution in [-0.4, -0.2) is 49.0 Å². The van der Waals surface area contributed by atoms with Gasteiger partial charge >= 0.3 is 6.18 Å². The van der Waals surface area contributed by atoms with Gasteiger partial charge in [0.05, 0.1) is 24.1 Å². The predicted molar refractivity (Wildman–Crippen MR) is 85.6 cm³/mol. The van der Waals surface area contributed by atoms with Crippen LogP contribution in [0.15, 0.2) is 30.5 Å². The van der Waals surface area contributed by atoms with Crippen LogP contribution >= 0.6 is 0 Å². The third-order valence-electron chi connectivity index (χ3n) is 3.42. The Morgan fingerprint density at radius 3 is 2.50 bits per heavy atom. The van der Waals surface area contributed by atoms with Crippen LogP contribution in [0.5, 0.6) is 0 Å². The molecule has 0 fully saturated rings. The van der Waals surface area contributed by atoms with Crippen molar-refractivity contribution >= 4 is 5.91 Å². The third kappa shape index (κ3) is 5.02. The van der Waals surface area contributed by atoms with E-state index in [0.717, 1.165) is 30.5 Å². The van der Waals surface area contributed by atoms with Gasteiger partial charge in [-0.2, -0.15) is 18.3 Å². The zero-order valence-corrected chi connectivity index (χ0v) is 13.9. The van der Waals surface area contributed by atoms with E-state index in [2.05, 4.69) is 15.7 Å². The zero-order valence-electron chi connectivity index (χ0n) is 13.9. The highest BCUT2D eigenvalue weighted by atomic mass is 19.4. The van der Waals surface area contributed by atoms with Gasteiger partial charge in [-0.05, 0) is 24.3 Å². The molecule has 6 nitrogen and oxygen atoms in total.